The van der Waals surface area contributed by atoms with Crippen LogP contribution in [-0.4, -0.2) is 87.3 Å². The van der Waals surface area contributed by atoms with Gasteiger partial charge in [0.1, 0.15) is 10.7 Å². The number of piperazine rings is 2. The van der Waals surface area contributed by atoms with Crippen LogP contribution in [0.25, 0.3) is 0 Å². The topological polar surface area (TPSA) is 64.2 Å². The Bertz CT molecular complexity index is 1050. The zero-order valence-corrected chi connectivity index (χ0v) is 19.2. The Morgan fingerprint density at radius 2 is 1.50 bits per heavy atom. The summed E-state index contributed by atoms with van der Waals surface area (Å²) < 4.78 is 40.7. The summed E-state index contributed by atoms with van der Waals surface area (Å²) in [6, 6.07) is 13.1. The van der Waals surface area contributed by atoms with E-state index >= 15 is 0 Å². The SMILES string of the molecule is O=C(CN1CCN(c2ccc(Cl)cc2)CC1)N1CCN(S(=O)(=O)c2ccccc2F)CC1. The molecule has 1 amide bonds. The van der Waals surface area contributed by atoms with E-state index in [4.69, 9.17) is 11.6 Å². The second-order valence-corrected chi connectivity index (χ2v) is 10.3. The van der Waals surface area contributed by atoms with E-state index in [0.29, 0.717) is 24.7 Å². The van der Waals surface area contributed by atoms with Crippen LogP contribution in [0.2, 0.25) is 5.02 Å². The number of rotatable bonds is 5. The Morgan fingerprint density at radius 3 is 2.12 bits per heavy atom. The van der Waals surface area contributed by atoms with Gasteiger partial charge in [0.2, 0.25) is 15.9 Å². The molecule has 2 heterocycles. The standard InChI is InChI=1S/C22H26ClFN4O3S/c23-18-5-7-19(8-6-18)26-11-9-25(10-12-26)17-22(29)27-13-15-28(16-14-27)32(30,31)21-4-2-1-3-20(21)24/h1-8H,9-17H2. The van der Waals surface area contributed by atoms with Crippen molar-refractivity contribution in [3.05, 3.63) is 59.4 Å². The van der Waals surface area contributed by atoms with E-state index in [1.807, 2.05) is 24.3 Å². The third kappa shape index (κ3) is 5.06. The molecule has 2 aliphatic heterocycles. The maximum Gasteiger partial charge on any atom is 0.246 e. The first-order valence-electron chi connectivity index (χ1n) is 10.6. The normalized spacial score (nSPS) is 18.7. The molecule has 0 radical (unpaired) electrons. The van der Waals surface area contributed by atoms with Crippen LogP contribution in [0, 0.1) is 5.82 Å². The van der Waals surface area contributed by atoms with Crippen LogP contribution < -0.4 is 4.90 Å². The highest BCUT2D eigenvalue weighted by atomic mass is 35.5. The van der Waals surface area contributed by atoms with Crippen LogP contribution in [0.1, 0.15) is 0 Å². The van der Waals surface area contributed by atoms with Crippen molar-refractivity contribution in [2.75, 3.05) is 63.8 Å². The molecule has 0 atom stereocenters. The minimum Gasteiger partial charge on any atom is -0.369 e. The number of nitrogens with zero attached hydrogens (tertiary/aromatic N) is 4. The molecule has 2 fully saturated rings. The van der Waals surface area contributed by atoms with E-state index in [-0.39, 0.29) is 23.9 Å². The Hall–Kier alpha value is -2.20. The molecule has 0 bridgehead atoms. The number of benzene rings is 2. The molecule has 0 saturated carbocycles. The third-order valence-corrected chi connectivity index (χ3v) is 8.15. The fraction of sp³-hybridized carbons (Fsp3) is 0.409. The lowest BCUT2D eigenvalue weighted by atomic mass is 10.2. The lowest BCUT2D eigenvalue weighted by Crippen LogP contribution is -2.54. The van der Waals surface area contributed by atoms with Crippen LogP contribution in [-0.2, 0) is 14.8 Å². The van der Waals surface area contributed by atoms with Crippen LogP contribution in [0.3, 0.4) is 0 Å². The van der Waals surface area contributed by atoms with Crippen molar-refractivity contribution in [1.82, 2.24) is 14.1 Å². The highest BCUT2D eigenvalue weighted by molar-refractivity contribution is 7.89. The van der Waals surface area contributed by atoms with Gasteiger partial charge in [-0.15, -0.1) is 0 Å². The van der Waals surface area contributed by atoms with Crippen LogP contribution in [0.4, 0.5) is 10.1 Å². The number of hydrogen-bond donors (Lipinski definition) is 0. The number of hydrogen-bond acceptors (Lipinski definition) is 5. The molecule has 2 aromatic rings. The molecule has 0 aliphatic carbocycles. The van der Waals surface area contributed by atoms with Gasteiger partial charge >= 0.3 is 0 Å². The van der Waals surface area contributed by atoms with Gasteiger partial charge in [-0.3, -0.25) is 9.69 Å². The maximum absolute atomic E-state index is 14.0. The van der Waals surface area contributed by atoms with Crippen molar-refractivity contribution >= 4 is 33.2 Å². The highest BCUT2D eigenvalue weighted by Gasteiger charge is 2.32. The largest absolute Gasteiger partial charge is 0.369 e. The molecule has 2 aromatic carbocycles. The summed E-state index contributed by atoms with van der Waals surface area (Å²) in [7, 11) is -3.91. The second kappa shape index (κ2) is 9.74. The van der Waals surface area contributed by atoms with Gasteiger partial charge in [0.05, 0.1) is 6.54 Å². The number of carbonyl (C=O) groups is 1. The van der Waals surface area contributed by atoms with Crippen molar-refractivity contribution in [2.24, 2.45) is 0 Å². The molecule has 2 saturated heterocycles. The van der Waals surface area contributed by atoms with E-state index in [0.717, 1.165) is 37.9 Å². The number of halogens is 2. The molecule has 0 N–H and O–H groups in total. The summed E-state index contributed by atoms with van der Waals surface area (Å²) in [5.74, 6) is -0.767. The minimum absolute atomic E-state index is 0.00659. The van der Waals surface area contributed by atoms with Gasteiger partial charge in [-0.05, 0) is 36.4 Å². The Kier molecular flexibility index (Phi) is 6.99. The van der Waals surface area contributed by atoms with E-state index in [1.54, 1.807) is 4.90 Å². The van der Waals surface area contributed by atoms with Crippen molar-refractivity contribution < 1.29 is 17.6 Å². The predicted octanol–water partition coefficient (Wildman–Crippen LogP) is 2.13. The predicted molar refractivity (Wildman–Crippen MR) is 122 cm³/mol. The number of anilines is 1. The van der Waals surface area contributed by atoms with Gasteiger partial charge in [0, 0.05) is 63.1 Å². The zero-order chi connectivity index (χ0) is 22.7. The van der Waals surface area contributed by atoms with Gasteiger partial charge < -0.3 is 9.80 Å². The lowest BCUT2D eigenvalue weighted by Gasteiger charge is -2.38. The summed E-state index contributed by atoms with van der Waals surface area (Å²) in [5.41, 5.74) is 1.12. The molecule has 0 spiro atoms. The van der Waals surface area contributed by atoms with Crippen molar-refractivity contribution in [1.29, 1.82) is 0 Å². The first-order valence-corrected chi connectivity index (χ1v) is 12.4. The van der Waals surface area contributed by atoms with E-state index in [9.17, 15) is 17.6 Å². The van der Waals surface area contributed by atoms with E-state index < -0.39 is 15.8 Å². The van der Waals surface area contributed by atoms with Crippen LogP contribution in [0.5, 0.6) is 0 Å². The second-order valence-electron chi connectivity index (χ2n) is 7.95. The van der Waals surface area contributed by atoms with E-state index in [1.165, 1.54) is 22.5 Å². The van der Waals surface area contributed by atoms with Crippen LogP contribution >= 0.6 is 11.6 Å². The van der Waals surface area contributed by atoms with Gasteiger partial charge in [-0.2, -0.15) is 4.31 Å². The van der Waals surface area contributed by atoms with Crippen molar-refractivity contribution in [3.8, 4) is 0 Å². The molecule has 32 heavy (non-hydrogen) atoms. The fourth-order valence-corrected chi connectivity index (χ4v) is 5.69. The number of sulfonamides is 1. The Balaban J connectivity index is 1.26. The molecule has 0 aromatic heterocycles. The van der Waals surface area contributed by atoms with Gasteiger partial charge in [-0.25, -0.2) is 12.8 Å². The maximum atomic E-state index is 14.0. The summed E-state index contributed by atoms with van der Waals surface area (Å²) in [6.45, 7) is 4.43. The van der Waals surface area contributed by atoms with Crippen LogP contribution in [0.15, 0.2) is 53.4 Å². The van der Waals surface area contributed by atoms with E-state index in [2.05, 4.69) is 9.80 Å². The monoisotopic (exact) mass is 480 g/mol. The number of amides is 1. The minimum atomic E-state index is -3.91. The fourth-order valence-electron chi connectivity index (χ4n) is 4.08. The third-order valence-electron chi connectivity index (χ3n) is 5.97. The van der Waals surface area contributed by atoms with Crippen molar-refractivity contribution in [2.45, 2.75) is 4.90 Å². The Labute approximate surface area is 193 Å². The molecule has 2 aliphatic rings. The quantitative estimate of drug-likeness (QED) is 0.656. The van der Waals surface area contributed by atoms with Gasteiger partial charge in [-0.1, -0.05) is 23.7 Å². The highest BCUT2D eigenvalue weighted by Crippen LogP contribution is 2.21. The molecular weight excluding hydrogens is 455 g/mol. The summed E-state index contributed by atoms with van der Waals surface area (Å²) in [5, 5.41) is 0.708. The first kappa shape index (κ1) is 23.0. The molecule has 10 heteroatoms. The summed E-state index contributed by atoms with van der Waals surface area (Å²) >= 11 is 5.95. The van der Waals surface area contributed by atoms with Gasteiger partial charge in [0.25, 0.3) is 0 Å². The summed E-state index contributed by atoms with van der Waals surface area (Å²) in [6.07, 6.45) is 0. The molecular formula is C22H26ClFN4O3S. The summed E-state index contributed by atoms with van der Waals surface area (Å²) in [4.78, 5) is 18.5. The average Bonchev–Trinajstić information content (AvgIpc) is 2.80. The lowest BCUT2D eigenvalue weighted by molar-refractivity contribution is -0.133. The molecule has 7 nitrogen and oxygen atoms in total. The number of carbonyl (C=O) groups excluding carboxylic acids is 1. The average molecular weight is 481 g/mol. The van der Waals surface area contributed by atoms with Crippen molar-refractivity contribution in [3.63, 3.8) is 0 Å². The van der Waals surface area contributed by atoms with Gasteiger partial charge in [0.15, 0.2) is 0 Å². The first-order chi connectivity index (χ1) is 15.3. The Morgan fingerprint density at radius 1 is 0.875 bits per heavy atom. The molecule has 4 rings (SSSR count). The molecule has 0 unspecified atom stereocenters. The smallest absolute Gasteiger partial charge is 0.246 e. The zero-order valence-electron chi connectivity index (χ0n) is 17.7. The molecule has 172 valence electrons.